The maximum atomic E-state index is 13.2. The van der Waals surface area contributed by atoms with Gasteiger partial charge < -0.3 is 14.6 Å². The molecule has 1 fully saturated rings. The highest BCUT2D eigenvalue weighted by molar-refractivity contribution is 6.05. The minimum atomic E-state index is -1.09. The number of ketones is 1. The highest BCUT2D eigenvalue weighted by Gasteiger charge is 2.52. The van der Waals surface area contributed by atoms with E-state index in [-0.39, 0.29) is 11.7 Å². The molecule has 0 radical (unpaired) electrons. The molecule has 2 heterocycles. The van der Waals surface area contributed by atoms with Gasteiger partial charge in [0.15, 0.2) is 6.10 Å². The van der Waals surface area contributed by atoms with Crippen LogP contribution in [-0.2, 0) is 4.74 Å². The number of benzene rings is 2. The summed E-state index contributed by atoms with van der Waals surface area (Å²) in [5, 5.41) is 10.4. The summed E-state index contributed by atoms with van der Waals surface area (Å²) >= 11 is 0. The zero-order valence-electron chi connectivity index (χ0n) is 11.5. The first-order valence-corrected chi connectivity index (χ1v) is 7.04. The maximum Gasteiger partial charge on any atom is 0.209 e. The standard InChI is InChI=1S/C17H13FO4/c18-10-6-7-12-11(8-10)13(19)16(21-12)14(20)17-15(22-17)9-4-2-1-3-5-9/h1-8,14-17,20H/t14?,15-,16?,17+/m0/s1. The molecule has 1 saturated heterocycles. The predicted octanol–water partition coefficient (Wildman–Crippen LogP) is 2.27. The fourth-order valence-electron chi connectivity index (χ4n) is 2.83. The van der Waals surface area contributed by atoms with E-state index in [4.69, 9.17) is 9.47 Å². The number of carbonyl (C=O) groups excluding carboxylic acids is 1. The first-order chi connectivity index (χ1) is 10.6. The third kappa shape index (κ3) is 2.10. The number of carbonyl (C=O) groups is 1. The van der Waals surface area contributed by atoms with Gasteiger partial charge in [0, 0.05) is 0 Å². The fraction of sp³-hybridized carbons (Fsp3) is 0.235. The van der Waals surface area contributed by atoms with Gasteiger partial charge >= 0.3 is 0 Å². The molecule has 2 aromatic rings. The van der Waals surface area contributed by atoms with Crippen LogP contribution in [0.3, 0.4) is 0 Å². The fourth-order valence-corrected chi connectivity index (χ4v) is 2.83. The zero-order valence-corrected chi connectivity index (χ0v) is 11.5. The Morgan fingerprint density at radius 2 is 1.91 bits per heavy atom. The number of aliphatic hydroxyl groups excluding tert-OH is 1. The average Bonchev–Trinajstić information content (AvgIpc) is 3.28. The van der Waals surface area contributed by atoms with Crippen molar-refractivity contribution in [2.45, 2.75) is 24.4 Å². The van der Waals surface area contributed by atoms with Crippen LogP contribution in [0.4, 0.5) is 4.39 Å². The quantitative estimate of drug-likeness (QED) is 0.883. The molecule has 5 heteroatoms. The second-order valence-corrected chi connectivity index (χ2v) is 5.47. The van der Waals surface area contributed by atoms with Crippen LogP contribution in [0.15, 0.2) is 48.5 Å². The predicted molar refractivity (Wildman–Crippen MR) is 75.2 cm³/mol. The summed E-state index contributed by atoms with van der Waals surface area (Å²) in [6.07, 6.45) is -2.87. The molecule has 4 atom stereocenters. The number of hydrogen-bond acceptors (Lipinski definition) is 4. The van der Waals surface area contributed by atoms with Crippen LogP contribution < -0.4 is 4.74 Å². The minimum Gasteiger partial charge on any atom is -0.479 e. The van der Waals surface area contributed by atoms with Crippen LogP contribution in [0.1, 0.15) is 22.0 Å². The van der Waals surface area contributed by atoms with Crippen LogP contribution in [0.2, 0.25) is 0 Å². The molecule has 4 rings (SSSR count). The summed E-state index contributed by atoms with van der Waals surface area (Å²) in [6.45, 7) is 0. The normalized spacial score (nSPS) is 27.2. The number of epoxide rings is 1. The lowest BCUT2D eigenvalue weighted by Crippen LogP contribution is -2.38. The highest BCUT2D eigenvalue weighted by atomic mass is 19.1. The van der Waals surface area contributed by atoms with Crippen LogP contribution in [0.5, 0.6) is 5.75 Å². The third-order valence-electron chi connectivity index (χ3n) is 4.02. The molecule has 112 valence electrons. The summed E-state index contributed by atoms with van der Waals surface area (Å²) < 4.78 is 24.2. The number of halogens is 1. The van der Waals surface area contributed by atoms with Crippen molar-refractivity contribution < 1.29 is 23.8 Å². The molecule has 1 N–H and O–H groups in total. The molecule has 0 saturated carbocycles. The first kappa shape index (κ1) is 13.4. The van der Waals surface area contributed by atoms with Crippen molar-refractivity contribution in [2.24, 2.45) is 0 Å². The summed E-state index contributed by atoms with van der Waals surface area (Å²) in [5.41, 5.74) is 1.11. The second-order valence-electron chi connectivity index (χ2n) is 5.47. The number of aliphatic hydroxyl groups is 1. The van der Waals surface area contributed by atoms with Gasteiger partial charge in [-0.15, -0.1) is 0 Å². The van der Waals surface area contributed by atoms with E-state index >= 15 is 0 Å². The molecular weight excluding hydrogens is 287 g/mol. The molecule has 22 heavy (non-hydrogen) atoms. The molecule has 2 unspecified atom stereocenters. The number of Topliss-reactive ketones (excluding diaryl/α,β-unsaturated/α-hetero) is 1. The van der Waals surface area contributed by atoms with Crippen molar-refractivity contribution in [1.29, 1.82) is 0 Å². The topological polar surface area (TPSA) is 59.1 Å². The van der Waals surface area contributed by atoms with E-state index < -0.39 is 29.9 Å². The van der Waals surface area contributed by atoms with Gasteiger partial charge in [-0.05, 0) is 23.8 Å². The SMILES string of the molecule is O=C1c2cc(F)ccc2OC1C(O)[C@H]1O[C@H]1c1ccccc1. The van der Waals surface area contributed by atoms with E-state index in [1.165, 1.54) is 12.1 Å². The Morgan fingerprint density at radius 3 is 2.68 bits per heavy atom. The van der Waals surface area contributed by atoms with E-state index in [2.05, 4.69) is 0 Å². The second kappa shape index (κ2) is 4.90. The lowest BCUT2D eigenvalue weighted by Gasteiger charge is -2.14. The summed E-state index contributed by atoms with van der Waals surface area (Å²) in [6, 6.07) is 13.2. The number of hydrogen-bond donors (Lipinski definition) is 1. The van der Waals surface area contributed by atoms with E-state index in [1.54, 1.807) is 0 Å². The summed E-state index contributed by atoms with van der Waals surface area (Å²) in [7, 11) is 0. The number of ether oxygens (including phenoxy) is 2. The van der Waals surface area contributed by atoms with Crippen molar-refractivity contribution >= 4 is 5.78 Å². The van der Waals surface area contributed by atoms with E-state index in [0.717, 1.165) is 11.6 Å². The summed E-state index contributed by atoms with van der Waals surface area (Å²) in [5.74, 6) is -0.618. The van der Waals surface area contributed by atoms with Crippen molar-refractivity contribution in [3.63, 3.8) is 0 Å². The molecule has 0 aliphatic carbocycles. The van der Waals surface area contributed by atoms with Crippen molar-refractivity contribution in [2.75, 3.05) is 0 Å². The van der Waals surface area contributed by atoms with Gasteiger partial charge in [-0.1, -0.05) is 30.3 Å². The van der Waals surface area contributed by atoms with Crippen molar-refractivity contribution in [1.82, 2.24) is 0 Å². The average molecular weight is 300 g/mol. The zero-order chi connectivity index (χ0) is 15.3. The highest BCUT2D eigenvalue weighted by Crippen LogP contribution is 2.43. The van der Waals surface area contributed by atoms with Gasteiger partial charge in [0.05, 0.1) is 5.56 Å². The number of rotatable bonds is 3. The van der Waals surface area contributed by atoms with Gasteiger partial charge in [0.25, 0.3) is 0 Å². The molecule has 0 aromatic heterocycles. The Bertz CT molecular complexity index is 731. The Labute approximate surface area is 126 Å². The lowest BCUT2D eigenvalue weighted by atomic mass is 9.99. The van der Waals surface area contributed by atoms with Crippen molar-refractivity contribution in [3.05, 3.63) is 65.5 Å². The minimum absolute atomic E-state index is 0.168. The Kier molecular flexibility index (Phi) is 2.99. The monoisotopic (exact) mass is 300 g/mol. The van der Waals surface area contributed by atoms with E-state index in [1.807, 2.05) is 30.3 Å². The molecule has 2 aliphatic rings. The Morgan fingerprint density at radius 1 is 1.14 bits per heavy atom. The molecular formula is C17H13FO4. The first-order valence-electron chi connectivity index (χ1n) is 7.04. The van der Waals surface area contributed by atoms with Gasteiger partial charge in [-0.25, -0.2) is 4.39 Å². The third-order valence-corrected chi connectivity index (χ3v) is 4.02. The maximum absolute atomic E-state index is 13.2. The van der Waals surface area contributed by atoms with Gasteiger partial charge in [-0.3, -0.25) is 4.79 Å². The van der Waals surface area contributed by atoms with Gasteiger partial charge in [0.1, 0.15) is 29.9 Å². The van der Waals surface area contributed by atoms with E-state index in [0.29, 0.717) is 5.75 Å². The summed E-state index contributed by atoms with van der Waals surface area (Å²) in [4.78, 5) is 12.3. The van der Waals surface area contributed by atoms with Gasteiger partial charge in [0.2, 0.25) is 5.78 Å². The largest absolute Gasteiger partial charge is 0.479 e. The Hall–Kier alpha value is -2.24. The van der Waals surface area contributed by atoms with Crippen LogP contribution in [-0.4, -0.2) is 29.2 Å². The van der Waals surface area contributed by atoms with Crippen LogP contribution >= 0.6 is 0 Å². The molecule has 2 aliphatic heterocycles. The smallest absolute Gasteiger partial charge is 0.209 e. The number of fused-ring (bicyclic) bond motifs is 1. The molecule has 0 amide bonds. The van der Waals surface area contributed by atoms with E-state index in [9.17, 15) is 14.3 Å². The van der Waals surface area contributed by atoms with Crippen LogP contribution in [0.25, 0.3) is 0 Å². The van der Waals surface area contributed by atoms with Crippen LogP contribution in [0, 0.1) is 5.82 Å². The molecule has 2 aromatic carbocycles. The molecule has 4 nitrogen and oxygen atoms in total. The lowest BCUT2D eigenvalue weighted by molar-refractivity contribution is 0.0281. The molecule has 0 spiro atoms. The molecule has 0 bridgehead atoms. The Balaban J connectivity index is 1.52. The van der Waals surface area contributed by atoms with Crippen molar-refractivity contribution in [3.8, 4) is 5.75 Å². The van der Waals surface area contributed by atoms with Gasteiger partial charge in [-0.2, -0.15) is 0 Å².